The minimum atomic E-state index is 0.125. The first-order valence-corrected chi connectivity index (χ1v) is 9.14. The topological polar surface area (TPSA) is 46.9 Å². The van der Waals surface area contributed by atoms with Gasteiger partial charge in [-0.25, -0.2) is 4.98 Å². The number of carbonyl (C=O) groups is 1. The molecule has 1 heterocycles. The molecule has 1 saturated carbocycles. The molecule has 22 heavy (non-hydrogen) atoms. The highest BCUT2D eigenvalue weighted by Crippen LogP contribution is 2.25. The molecule has 0 bridgehead atoms. The number of carbonyl (C=O) groups excluding carboxylic acids is 1. The number of fused-ring (bicyclic) bond motifs is 1. The minimum absolute atomic E-state index is 0.125. The zero-order valence-corrected chi connectivity index (χ0v) is 13.9. The van der Waals surface area contributed by atoms with Crippen molar-refractivity contribution in [3.63, 3.8) is 0 Å². The van der Waals surface area contributed by atoms with Crippen LogP contribution in [0.5, 0.6) is 0 Å². The molecule has 1 fully saturated rings. The van der Waals surface area contributed by atoms with Gasteiger partial charge in [0.15, 0.2) is 5.16 Å². The lowest BCUT2D eigenvalue weighted by molar-refractivity contribution is -0.118. The molecule has 0 spiro atoms. The average Bonchev–Trinajstić information content (AvgIpc) is 3.26. The summed E-state index contributed by atoms with van der Waals surface area (Å²) in [7, 11) is 0. The van der Waals surface area contributed by atoms with Gasteiger partial charge < -0.3 is 9.88 Å². The van der Waals surface area contributed by atoms with Crippen LogP contribution in [-0.4, -0.2) is 27.3 Å². The van der Waals surface area contributed by atoms with Gasteiger partial charge in [-0.15, -0.1) is 0 Å². The number of hydrogen-bond acceptors (Lipinski definition) is 3. The van der Waals surface area contributed by atoms with E-state index in [-0.39, 0.29) is 5.91 Å². The van der Waals surface area contributed by atoms with Crippen molar-refractivity contribution in [1.82, 2.24) is 14.9 Å². The number of rotatable bonds is 8. The molecule has 0 aliphatic heterocycles. The largest absolute Gasteiger partial charge is 0.353 e. The molecule has 1 amide bonds. The predicted molar refractivity (Wildman–Crippen MR) is 91.1 cm³/mol. The smallest absolute Gasteiger partial charge is 0.230 e. The maximum Gasteiger partial charge on any atom is 0.230 e. The van der Waals surface area contributed by atoms with Gasteiger partial charge >= 0.3 is 0 Å². The Labute approximate surface area is 135 Å². The molecule has 0 atom stereocenters. The number of aromatic nitrogens is 2. The number of nitrogens with one attached hydrogen (secondary N) is 1. The molecule has 1 aromatic carbocycles. The third-order valence-corrected chi connectivity index (χ3v) is 4.86. The molecule has 118 valence electrons. The summed E-state index contributed by atoms with van der Waals surface area (Å²) in [5.74, 6) is 0.577. The SMILES string of the molecule is CCCCCn1c(SCC(=O)NC2CC2)nc2ccccc21. The number of benzene rings is 1. The van der Waals surface area contributed by atoms with E-state index in [1.807, 2.05) is 12.1 Å². The quantitative estimate of drug-likeness (QED) is 0.598. The predicted octanol–water partition coefficient (Wildman–Crippen LogP) is 3.60. The van der Waals surface area contributed by atoms with Crippen LogP contribution in [0.1, 0.15) is 39.0 Å². The van der Waals surface area contributed by atoms with Gasteiger partial charge in [0.05, 0.1) is 16.8 Å². The number of imidazole rings is 1. The first-order valence-electron chi connectivity index (χ1n) is 8.15. The van der Waals surface area contributed by atoms with Crippen molar-refractivity contribution >= 4 is 28.7 Å². The van der Waals surface area contributed by atoms with Crippen LogP contribution in [0.15, 0.2) is 29.4 Å². The summed E-state index contributed by atoms with van der Waals surface area (Å²) in [5.41, 5.74) is 2.19. The Hall–Kier alpha value is -1.49. The zero-order chi connectivity index (χ0) is 15.4. The summed E-state index contributed by atoms with van der Waals surface area (Å²) in [6.07, 6.45) is 5.84. The van der Waals surface area contributed by atoms with Crippen molar-refractivity contribution in [2.24, 2.45) is 0 Å². The number of hydrogen-bond donors (Lipinski definition) is 1. The molecule has 1 N–H and O–H groups in total. The van der Waals surface area contributed by atoms with Crippen molar-refractivity contribution in [3.05, 3.63) is 24.3 Å². The van der Waals surface area contributed by atoms with E-state index in [1.54, 1.807) is 11.8 Å². The maximum atomic E-state index is 11.9. The molecule has 5 heteroatoms. The second kappa shape index (κ2) is 7.18. The third-order valence-electron chi connectivity index (χ3n) is 3.88. The minimum Gasteiger partial charge on any atom is -0.353 e. The van der Waals surface area contributed by atoms with Crippen LogP contribution < -0.4 is 5.32 Å². The molecular weight excluding hydrogens is 294 g/mol. The molecule has 2 aromatic rings. The van der Waals surface area contributed by atoms with Crippen molar-refractivity contribution in [1.29, 1.82) is 0 Å². The second-order valence-electron chi connectivity index (χ2n) is 5.87. The summed E-state index contributed by atoms with van der Waals surface area (Å²) in [6.45, 7) is 3.19. The van der Waals surface area contributed by atoms with E-state index in [0.717, 1.165) is 36.5 Å². The summed E-state index contributed by atoms with van der Waals surface area (Å²) in [5, 5.41) is 3.99. The van der Waals surface area contributed by atoms with Gasteiger partial charge in [-0.2, -0.15) is 0 Å². The Morgan fingerprint density at radius 3 is 2.95 bits per heavy atom. The molecule has 0 radical (unpaired) electrons. The van der Waals surface area contributed by atoms with Crippen LogP contribution in [-0.2, 0) is 11.3 Å². The van der Waals surface area contributed by atoms with Crippen LogP contribution in [0.4, 0.5) is 0 Å². The number of thioether (sulfide) groups is 1. The van der Waals surface area contributed by atoms with Crippen LogP contribution in [0.2, 0.25) is 0 Å². The van der Waals surface area contributed by atoms with Gasteiger partial charge in [0.25, 0.3) is 0 Å². The van der Waals surface area contributed by atoms with E-state index >= 15 is 0 Å². The summed E-state index contributed by atoms with van der Waals surface area (Å²) in [4.78, 5) is 16.6. The van der Waals surface area contributed by atoms with E-state index in [9.17, 15) is 4.79 Å². The maximum absolute atomic E-state index is 11.9. The molecule has 1 aromatic heterocycles. The summed E-state index contributed by atoms with van der Waals surface area (Å²) >= 11 is 1.55. The number of unbranched alkanes of at least 4 members (excludes halogenated alkanes) is 2. The summed E-state index contributed by atoms with van der Waals surface area (Å²) < 4.78 is 2.26. The van der Waals surface area contributed by atoms with Crippen LogP contribution in [0.25, 0.3) is 11.0 Å². The second-order valence-corrected chi connectivity index (χ2v) is 6.81. The molecular formula is C17H23N3OS. The Balaban J connectivity index is 1.71. The standard InChI is InChI=1S/C17H23N3OS/c1-2-3-6-11-20-15-8-5-4-7-14(15)19-17(20)22-12-16(21)18-13-9-10-13/h4-5,7-8,13H,2-3,6,9-12H2,1H3,(H,18,21). The van der Waals surface area contributed by atoms with E-state index < -0.39 is 0 Å². The Morgan fingerprint density at radius 1 is 1.36 bits per heavy atom. The van der Waals surface area contributed by atoms with Gasteiger partial charge in [0, 0.05) is 12.6 Å². The van der Waals surface area contributed by atoms with E-state index in [2.05, 4.69) is 28.9 Å². The van der Waals surface area contributed by atoms with Gasteiger partial charge in [-0.1, -0.05) is 43.7 Å². The van der Waals surface area contributed by atoms with Gasteiger partial charge in [0.1, 0.15) is 0 Å². The van der Waals surface area contributed by atoms with Crippen molar-refractivity contribution in [2.45, 2.75) is 56.8 Å². The zero-order valence-electron chi connectivity index (χ0n) is 13.0. The highest BCUT2D eigenvalue weighted by atomic mass is 32.2. The normalized spacial score (nSPS) is 14.4. The Morgan fingerprint density at radius 2 is 2.18 bits per heavy atom. The first-order chi connectivity index (χ1) is 10.8. The molecule has 1 aliphatic carbocycles. The van der Waals surface area contributed by atoms with E-state index in [1.165, 1.54) is 18.4 Å². The Kier molecular flexibility index (Phi) is 5.03. The number of para-hydroxylation sites is 2. The van der Waals surface area contributed by atoms with E-state index in [4.69, 9.17) is 4.98 Å². The first kappa shape index (κ1) is 15.4. The van der Waals surface area contributed by atoms with E-state index in [0.29, 0.717) is 11.8 Å². The van der Waals surface area contributed by atoms with Crippen LogP contribution >= 0.6 is 11.8 Å². The lowest BCUT2D eigenvalue weighted by Gasteiger charge is -2.08. The highest BCUT2D eigenvalue weighted by Gasteiger charge is 2.23. The van der Waals surface area contributed by atoms with Crippen LogP contribution in [0.3, 0.4) is 0 Å². The molecule has 1 aliphatic rings. The number of nitrogens with zero attached hydrogens (tertiary/aromatic N) is 2. The van der Waals surface area contributed by atoms with Crippen molar-refractivity contribution in [3.8, 4) is 0 Å². The van der Waals surface area contributed by atoms with Crippen molar-refractivity contribution < 1.29 is 4.79 Å². The molecule has 0 unspecified atom stereocenters. The molecule has 0 saturated heterocycles. The van der Waals surface area contributed by atoms with Gasteiger partial charge in [-0.3, -0.25) is 4.79 Å². The molecule has 4 nitrogen and oxygen atoms in total. The summed E-state index contributed by atoms with van der Waals surface area (Å²) in [6, 6.07) is 8.65. The highest BCUT2D eigenvalue weighted by molar-refractivity contribution is 7.99. The average molecular weight is 317 g/mol. The monoisotopic (exact) mass is 317 g/mol. The fourth-order valence-electron chi connectivity index (χ4n) is 2.53. The number of aryl methyl sites for hydroxylation is 1. The third kappa shape index (κ3) is 3.83. The number of amides is 1. The van der Waals surface area contributed by atoms with Gasteiger partial charge in [0.2, 0.25) is 5.91 Å². The lowest BCUT2D eigenvalue weighted by Crippen LogP contribution is -2.27. The fourth-order valence-corrected chi connectivity index (χ4v) is 3.38. The van der Waals surface area contributed by atoms with Gasteiger partial charge in [-0.05, 0) is 31.4 Å². The van der Waals surface area contributed by atoms with Crippen LogP contribution in [0, 0.1) is 0 Å². The van der Waals surface area contributed by atoms with Crippen molar-refractivity contribution in [2.75, 3.05) is 5.75 Å². The molecule has 3 rings (SSSR count). The fraction of sp³-hybridized carbons (Fsp3) is 0.529. The Bertz CT molecular complexity index is 648. The lowest BCUT2D eigenvalue weighted by atomic mass is 10.2.